The van der Waals surface area contributed by atoms with E-state index in [1.54, 1.807) is 0 Å². The van der Waals surface area contributed by atoms with Gasteiger partial charge in [-0.25, -0.2) is 8.78 Å². The maximum Gasteiger partial charge on any atom is 0.142 e. The van der Waals surface area contributed by atoms with Crippen LogP contribution in [0.1, 0.15) is 11.6 Å². The molecule has 0 saturated heterocycles. The lowest BCUT2D eigenvalue weighted by Gasteiger charge is -2.06. The minimum Gasteiger partial charge on any atom is -0.322 e. The second-order valence-corrected chi connectivity index (χ2v) is 2.84. The zero-order valence-corrected chi connectivity index (χ0v) is 6.98. The SMILES string of the molecule is N[C@@H](CF)c1ccc(Cl)c(F)c1. The molecule has 0 aromatic heterocycles. The Labute approximate surface area is 74.1 Å². The number of halogens is 3. The van der Waals surface area contributed by atoms with Crippen molar-refractivity contribution in [3.05, 3.63) is 34.6 Å². The number of hydrogen-bond acceptors (Lipinski definition) is 1. The molecule has 2 N–H and O–H groups in total. The Morgan fingerprint density at radius 2 is 2.17 bits per heavy atom. The molecule has 0 unspecified atom stereocenters. The van der Waals surface area contributed by atoms with Crippen molar-refractivity contribution in [2.75, 3.05) is 6.67 Å². The van der Waals surface area contributed by atoms with Gasteiger partial charge in [-0.05, 0) is 17.7 Å². The van der Waals surface area contributed by atoms with Crippen LogP contribution in [-0.4, -0.2) is 6.67 Å². The van der Waals surface area contributed by atoms with Crippen molar-refractivity contribution in [3.8, 4) is 0 Å². The maximum atomic E-state index is 12.8. The number of rotatable bonds is 2. The number of nitrogens with two attached hydrogens (primary N) is 1. The van der Waals surface area contributed by atoms with Crippen molar-refractivity contribution in [1.82, 2.24) is 0 Å². The first-order valence-corrected chi connectivity index (χ1v) is 3.79. The smallest absolute Gasteiger partial charge is 0.142 e. The van der Waals surface area contributed by atoms with Crippen molar-refractivity contribution in [1.29, 1.82) is 0 Å². The molecule has 1 nitrogen and oxygen atoms in total. The molecule has 0 aliphatic carbocycles. The van der Waals surface area contributed by atoms with E-state index in [-0.39, 0.29) is 5.02 Å². The quantitative estimate of drug-likeness (QED) is 0.764. The molecule has 0 radical (unpaired) electrons. The molecule has 1 rings (SSSR count). The van der Waals surface area contributed by atoms with Crippen LogP contribution in [0.4, 0.5) is 8.78 Å². The molecule has 0 bridgehead atoms. The lowest BCUT2D eigenvalue weighted by atomic mass is 10.1. The van der Waals surface area contributed by atoms with Crippen molar-refractivity contribution >= 4 is 11.6 Å². The topological polar surface area (TPSA) is 26.0 Å². The van der Waals surface area contributed by atoms with Gasteiger partial charge in [0.25, 0.3) is 0 Å². The average Bonchev–Trinajstić information content (AvgIpc) is 2.08. The molecule has 0 aliphatic rings. The second kappa shape index (κ2) is 3.83. The minimum atomic E-state index is -0.767. The van der Waals surface area contributed by atoms with E-state index in [4.69, 9.17) is 17.3 Å². The van der Waals surface area contributed by atoms with E-state index in [0.29, 0.717) is 5.56 Å². The fraction of sp³-hybridized carbons (Fsp3) is 0.250. The second-order valence-electron chi connectivity index (χ2n) is 2.43. The highest BCUT2D eigenvalue weighted by Gasteiger charge is 2.07. The fourth-order valence-corrected chi connectivity index (χ4v) is 0.950. The van der Waals surface area contributed by atoms with Gasteiger partial charge in [0.2, 0.25) is 0 Å². The van der Waals surface area contributed by atoms with Gasteiger partial charge in [-0.1, -0.05) is 17.7 Å². The van der Waals surface area contributed by atoms with E-state index < -0.39 is 18.5 Å². The lowest BCUT2D eigenvalue weighted by molar-refractivity contribution is 0.436. The molecule has 0 spiro atoms. The summed E-state index contributed by atoms with van der Waals surface area (Å²) in [6.07, 6.45) is 0. The zero-order chi connectivity index (χ0) is 9.14. The van der Waals surface area contributed by atoms with Crippen molar-refractivity contribution in [3.63, 3.8) is 0 Å². The fourth-order valence-electron chi connectivity index (χ4n) is 0.832. The Bertz CT molecular complexity index is 278. The summed E-state index contributed by atoms with van der Waals surface area (Å²) in [6, 6.07) is 3.25. The first-order valence-electron chi connectivity index (χ1n) is 3.41. The van der Waals surface area contributed by atoms with Crippen LogP contribution in [-0.2, 0) is 0 Å². The van der Waals surface area contributed by atoms with Gasteiger partial charge < -0.3 is 5.73 Å². The molecule has 1 aromatic carbocycles. The monoisotopic (exact) mass is 191 g/mol. The van der Waals surface area contributed by atoms with Crippen LogP contribution in [0.2, 0.25) is 5.02 Å². The normalized spacial score (nSPS) is 13.0. The van der Waals surface area contributed by atoms with Gasteiger partial charge >= 0.3 is 0 Å². The Hall–Kier alpha value is -0.670. The Morgan fingerprint density at radius 1 is 1.50 bits per heavy atom. The molecule has 12 heavy (non-hydrogen) atoms. The van der Waals surface area contributed by atoms with Crippen LogP contribution in [0.5, 0.6) is 0 Å². The van der Waals surface area contributed by atoms with Gasteiger partial charge in [0.1, 0.15) is 12.5 Å². The summed E-state index contributed by atoms with van der Waals surface area (Å²) in [5.41, 5.74) is 5.74. The van der Waals surface area contributed by atoms with Crippen molar-refractivity contribution in [2.45, 2.75) is 6.04 Å². The van der Waals surface area contributed by atoms with Crippen molar-refractivity contribution in [2.24, 2.45) is 5.73 Å². The number of hydrogen-bond donors (Lipinski definition) is 1. The van der Waals surface area contributed by atoms with E-state index in [2.05, 4.69) is 0 Å². The molecule has 0 saturated carbocycles. The average molecular weight is 192 g/mol. The summed E-state index contributed by atoms with van der Waals surface area (Å²) < 4.78 is 24.8. The first-order chi connectivity index (χ1) is 5.65. The number of alkyl halides is 1. The highest BCUT2D eigenvalue weighted by Crippen LogP contribution is 2.19. The summed E-state index contributed by atoms with van der Waals surface area (Å²) in [4.78, 5) is 0. The van der Waals surface area contributed by atoms with Crippen LogP contribution >= 0.6 is 11.6 Å². The third-order valence-corrected chi connectivity index (χ3v) is 1.84. The summed E-state index contributed by atoms with van der Waals surface area (Å²) in [6.45, 7) is -0.707. The minimum absolute atomic E-state index is 0.0183. The Morgan fingerprint density at radius 3 is 2.67 bits per heavy atom. The highest BCUT2D eigenvalue weighted by molar-refractivity contribution is 6.30. The summed E-state index contributed by atoms with van der Waals surface area (Å²) >= 11 is 5.42. The van der Waals surface area contributed by atoms with E-state index >= 15 is 0 Å². The van der Waals surface area contributed by atoms with Crippen LogP contribution in [0.15, 0.2) is 18.2 Å². The van der Waals surface area contributed by atoms with Crippen LogP contribution in [0.25, 0.3) is 0 Å². The molecule has 4 heteroatoms. The Kier molecular flexibility index (Phi) is 3.00. The van der Waals surface area contributed by atoms with E-state index in [9.17, 15) is 8.78 Å². The molecular formula is C8H8ClF2N. The zero-order valence-electron chi connectivity index (χ0n) is 6.23. The van der Waals surface area contributed by atoms with Crippen LogP contribution in [0, 0.1) is 5.82 Å². The van der Waals surface area contributed by atoms with Gasteiger partial charge in [0.05, 0.1) is 11.1 Å². The first kappa shape index (κ1) is 9.42. The molecule has 0 heterocycles. The van der Waals surface area contributed by atoms with E-state index in [1.807, 2.05) is 0 Å². The van der Waals surface area contributed by atoms with Gasteiger partial charge in [0, 0.05) is 0 Å². The summed E-state index contributed by atoms with van der Waals surface area (Å²) in [7, 11) is 0. The van der Waals surface area contributed by atoms with E-state index in [1.165, 1.54) is 12.1 Å². The largest absolute Gasteiger partial charge is 0.322 e. The predicted molar refractivity (Wildman–Crippen MR) is 44.3 cm³/mol. The van der Waals surface area contributed by atoms with Gasteiger partial charge in [-0.2, -0.15) is 0 Å². The third-order valence-electron chi connectivity index (χ3n) is 1.54. The van der Waals surface area contributed by atoms with Crippen LogP contribution in [0.3, 0.4) is 0 Å². The van der Waals surface area contributed by atoms with Crippen LogP contribution < -0.4 is 5.73 Å². The summed E-state index contributed by atoms with van der Waals surface area (Å²) in [5.74, 6) is -0.571. The molecule has 0 fully saturated rings. The van der Waals surface area contributed by atoms with Gasteiger partial charge in [-0.15, -0.1) is 0 Å². The maximum absolute atomic E-state index is 12.8. The van der Waals surface area contributed by atoms with Gasteiger partial charge in [0.15, 0.2) is 0 Å². The van der Waals surface area contributed by atoms with E-state index in [0.717, 1.165) is 6.07 Å². The van der Waals surface area contributed by atoms with Gasteiger partial charge in [-0.3, -0.25) is 0 Å². The highest BCUT2D eigenvalue weighted by atomic mass is 35.5. The molecule has 66 valence electrons. The van der Waals surface area contributed by atoms with Crippen molar-refractivity contribution < 1.29 is 8.78 Å². The molecule has 1 aromatic rings. The Balaban J connectivity index is 2.96. The number of benzene rings is 1. The lowest BCUT2D eigenvalue weighted by Crippen LogP contribution is -2.12. The standard InChI is InChI=1S/C8H8ClF2N/c9-6-2-1-5(3-7(6)11)8(12)4-10/h1-3,8H,4,12H2/t8-/m0/s1. The molecular weight excluding hydrogens is 184 g/mol. The molecule has 1 atom stereocenters. The predicted octanol–water partition coefficient (Wildman–Crippen LogP) is 2.45. The molecule has 0 amide bonds. The summed E-state index contributed by atoms with van der Waals surface area (Å²) in [5, 5.41) is 0.0183. The third kappa shape index (κ3) is 1.93. The molecule has 0 aliphatic heterocycles.